The topological polar surface area (TPSA) is 156 Å². The van der Waals surface area contributed by atoms with E-state index < -0.39 is 22.0 Å². The Bertz CT molecular complexity index is 1770. The number of carbonyl (C=O) groups is 2. The van der Waals surface area contributed by atoms with Crippen molar-refractivity contribution in [1.29, 1.82) is 0 Å². The van der Waals surface area contributed by atoms with Crippen molar-refractivity contribution in [3.05, 3.63) is 125 Å². The van der Waals surface area contributed by atoms with E-state index in [1.807, 2.05) is 55.6 Å². The number of nitrogens with one attached hydrogen (secondary N) is 1. The van der Waals surface area contributed by atoms with E-state index in [0.717, 1.165) is 66.7 Å². The molecule has 0 aliphatic carbocycles. The lowest BCUT2D eigenvalue weighted by molar-refractivity contribution is -0.139. The van der Waals surface area contributed by atoms with Crippen LogP contribution in [0.25, 0.3) is 11.1 Å². The number of hydrogen-bond donors (Lipinski definition) is 4. The summed E-state index contributed by atoms with van der Waals surface area (Å²) in [5.41, 5.74) is 12.1. The average molecular weight is 719 g/mol. The molecule has 0 spiro atoms. The molecule has 0 saturated heterocycles. The van der Waals surface area contributed by atoms with Crippen molar-refractivity contribution in [1.82, 2.24) is 10.2 Å². The molecule has 0 radical (unpaired) electrons. The molecule has 0 aromatic heterocycles. The first kappa shape index (κ1) is 40.4. The second-order valence-electron chi connectivity index (χ2n) is 12.1. The Balaban J connectivity index is 0.000000474. The van der Waals surface area contributed by atoms with Crippen molar-refractivity contribution < 1.29 is 23.1 Å². The van der Waals surface area contributed by atoms with Crippen LogP contribution >= 0.6 is 11.8 Å². The fraction of sp³-hybridized carbons (Fsp3) is 0.333. The highest BCUT2D eigenvalue weighted by atomic mass is 32.2. The van der Waals surface area contributed by atoms with Crippen molar-refractivity contribution in [2.24, 2.45) is 10.9 Å². The van der Waals surface area contributed by atoms with Crippen LogP contribution in [0.5, 0.6) is 0 Å². The molecule has 50 heavy (non-hydrogen) atoms. The maximum absolute atomic E-state index is 13.4. The summed E-state index contributed by atoms with van der Waals surface area (Å²) in [6, 6.07) is 29.8. The van der Waals surface area contributed by atoms with Gasteiger partial charge in [0, 0.05) is 25.2 Å². The lowest BCUT2D eigenvalue weighted by atomic mass is 9.93. The number of hydrogen-bond acceptors (Lipinski definition) is 7. The third-order valence-corrected chi connectivity index (χ3v) is 9.83. The number of nitrogens with zero attached hydrogens (tertiary/aromatic N) is 1. The van der Waals surface area contributed by atoms with Crippen LogP contribution in [0.3, 0.4) is 0 Å². The van der Waals surface area contributed by atoms with Crippen LogP contribution in [0, 0.1) is 6.92 Å². The number of nitrogens with two attached hydrogens (primary N) is 2. The third kappa shape index (κ3) is 13.0. The molecule has 0 fully saturated rings. The molecule has 4 aromatic carbocycles. The van der Waals surface area contributed by atoms with E-state index >= 15 is 0 Å². The smallest absolute Gasteiger partial charge is 0.326 e. The summed E-state index contributed by atoms with van der Waals surface area (Å²) in [5, 5.41) is 17.3. The molecule has 0 saturated carbocycles. The molecule has 4 aromatic rings. The first-order valence-electron chi connectivity index (χ1n) is 16.8. The third-order valence-electron chi connectivity index (χ3n) is 8.26. The second-order valence-corrected chi connectivity index (χ2v) is 14.6. The number of carbonyl (C=O) groups excluding carboxylic acids is 1. The van der Waals surface area contributed by atoms with E-state index in [2.05, 4.69) is 47.5 Å². The molecule has 0 bridgehead atoms. The highest BCUT2D eigenvalue weighted by molar-refractivity contribution is 7.98. The lowest BCUT2D eigenvalue weighted by Crippen LogP contribution is -2.41. The van der Waals surface area contributed by atoms with Gasteiger partial charge in [0.2, 0.25) is 10.0 Å². The number of carboxylic acid groups (broad SMARTS) is 1. The first-order chi connectivity index (χ1) is 24.0. The molecule has 1 atom stereocenters. The highest BCUT2D eigenvalue weighted by Crippen LogP contribution is 2.29. The quantitative estimate of drug-likeness (QED) is 0.100. The van der Waals surface area contributed by atoms with Crippen LogP contribution in [-0.2, 0) is 34.3 Å². The van der Waals surface area contributed by atoms with Gasteiger partial charge in [-0.3, -0.25) is 9.69 Å². The number of unbranched alkanes of at least 4 members (excludes halogenated alkanes) is 1. The summed E-state index contributed by atoms with van der Waals surface area (Å²) in [5.74, 6) is -0.695. The summed E-state index contributed by atoms with van der Waals surface area (Å²) in [6.45, 7) is 7.41. The predicted molar refractivity (Wildman–Crippen MR) is 205 cm³/mol. The lowest BCUT2D eigenvalue weighted by Gasteiger charge is -2.23. The van der Waals surface area contributed by atoms with Crippen molar-refractivity contribution >= 4 is 33.7 Å². The molecular formula is C39H50N4O5S2. The van der Waals surface area contributed by atoms with Gasteiger partial charge >= 0.3 is 5.97 Å². The Labute approximate surface area is 301 Å². The van der Waals surface area contributed by atoms with Crippen LogP contribution in [0.1, 0.15) is 58.8 Å². The molecule has 0 aliphatic rings. The maximum atomic E-state index is 13.4. The van der Waals surface area contributed by atoms with E-state index in [-0.39, 0.29) is 10.8 Å². The van der Waals surface area contributed by atoms with Crippen LogP contribution in [0.2, 0.25) is 0 Å². The zero-order chi connectivity index (χ0) is 36.5. The van der Waals surface area contributed by atoms with Crippen molar-refractivity contribution in [3.8, 4) is 11.1 Å². The average Bonchev–Trinajstić information content (AvgIpc) is 3.11. The molecule has 6 N–H and O–H groups in total. The Hall–Kier alpha value is -4.00. The fourth-order valence-corrected chi connectivity index (χ4v) is 6.36. The molecule has 11 heteroatoms. The van der Waals surface area contributed by atoms with Gasteiger partial charge in [-0.15, -0.1) is 0 Å². The Morgan fingerprint density at radius 1 is 0.880 bits per heavy atom. The van der Waals surface area contributed by atoms with E-state index in [1.54, 1.807) is 23.9 Å². The van der Waals surface area contributed by atoms with Gasteiger partial charge < -0.3 is 16.2 Å². The van der Waals surface area contributed by atoms with Crippen molar-refractivity contribution in [3.63, 3.8) is 0 Å². The van der Waals surface area contributed by atoms with E-state index in [0.29, 0.717) is 24.3 Å². The van der Waals surface area contributed by atoms with Crippen LogP contribution in [0.15, 0.2) is 102 Å². The van der Waals surface area contributed by atoms with Gasteiger partial charge in [0.05, 0.1) is 4.90 Å². The zero-order valence-electron chi connectivity index (χ0n) is 29.2. The van der Waals surface area contributed by atoms with E-state index in [1.165, 1.54) is 17.7 Å². The molecule has 1 amide bonds. The van der Waals surface area contributed by atoms with Crippen molar-refractivity contribution in [2.75, 3.05) is 25.1 Å². The molecule has 0 aliphatic heterocycles. The number of aryl methyl sites for hydroxylation is 1. The summed E-state index contributed by atoms with van der Waals surface area (Å²) in [7, 11) is -3.57. The minimum absolute atomic E-state index is 0.111. The Kier molecular flexibility index (Phi) is 16.7. The minimum Gasteiger partial charge on any atom is -0.480 e. The molecule has 9 nitrogen and oxygen atoms in total. The molecule has 1 unspecified atom stereocenters. The number of primary sulfonamides is 1. The summed E-state index contributed by atoms with van der Waals surface area (Å²) >= 11 is 1.57. The molecule has 268 valence electrons. The van der Waals surface area contributed by atoms with Gasteiger partial charge in [0.15, 0.2) is 0 Å². The second kappa shape index (κ2) is 20.6. The molecule has 4 rings (SSSR count). The number of benzene rings is 4. The fourth-order valence-electron chi connectivity index (χ4n) is 5.37. The molecule has 0 heterocycles. The summed E-state index contributed by atoms with van der Waals surface area (Å²) in [4.78, 5) is 27.7. The Morgan fingerprint density at radius 3 is 2.14 bits per heavy atom. The molecular weight excluding hydrogens is 669 g/mol. The van der Waals surface area contributed by atoms with Gasteiger partial charge in [-0.1, -0.05) is 86.1 Å². The number of sulfonamides is 1. The zero-order valence-corrected chi connectivity index (χ0v) is 30.8. The normalized spacial score (nSPS) is 11.8. The van der Waals surface area contributed by atoms with Gasteiger partial charge in [0.25, 0.3) is 5.91 Å². The number of aliphatic carboxylic acids is 1. The van der Waals surface area contributed by atoms with Crippen molar-refractivity contribution in [2.45, 2.75) is 63.6 Å². The van der Waals surface area contributed by atoms with Gasteiger partial charge in [-0.25, -0.2) is 18.4 Å². The largest absolute Gasteiger partial charge is 0.480 e. The van der Waals surface area contributed by atoms with E-state index in [9.17, 15) is 23.1 Å². The standard InChI is InChI=1S/C32H40N2O3S.C7H10N2O2S/c1-4-5-19-34(20-17-25-12-7-6-8-13-25)23-26-15-16-28(29(22-26)27-14-10-9-11-24(27)2)31(35)33-30(32(36)37)18-21-38-3;8-5-6-1-3-7(4-2-6)12(9,10)11/h6-16,22,30H,4-5,17-21,23H2,1-3H3,(H,33,35)(H,36,37);1-4H,5,8H2,(H2,9,10,11). The SMILES string of the molecule is CCCCN(CCc1ccccc1)Cc1ccc(C(=O)NC(CCSC)C(=O)O)c(-c2ccccc2C)c1.NCc1ccc(S(N)(=O)=O)cc1. The monoisotopic (exact) mass is 718 g/mol. The van der Waals surface area contributed by atoms with Crippen LogP contribution in [0.4, 0.5) is 0 Å². The summed E-state index contributed by atoms with van der Waals surface area (Å²) in [6.07, 6.45) is 5.57. The van der Waals surface area contributed by atoms with Gasteiger partial charge in [-0.05, 0) is 102 Å². The van der Waals surface area contributed by atoms with Crippen LogP contribution < -0.4 is 16.2 Å². The number of rotatable bonds is 17. The number of carboxylic acids is 1. The van der Waals surface area contributed by atoms with Gasteiger partial charge in [-0.2, -0.15) is 11.8 Å². The highest BCUT2D eigenvalue weighted by Gasteiger charge is 2.23. The number of thioether (sulfide) groups is 1. The van der Waals surface area contributed by atoms with E-state index in [4.69, 9.17) is 10.9 Å². The summed E-state index contributed by atoms with van der Waals surface area (Å²) < 4.78 is 21.6. The first-order valence-corrected chi connectivity index (χ1v) is 19.7. The Morgan fingerprint density at radius 2 is 1.54 bits per heavy atom. The maximum Gasteiger partial charge on any atom is 0.326 e. The van der Waals surface area contributed by atoms with Crippen LogP contribution in [-0.4, -0.2) is 61.4 Å². The number of amides is 1. The minimum atomic E-state index is -3.57. The predicted octanol–water partition coefficient (Wildman–Crippen LogP) is 6.24. The van der Waals surface area contributed by atoms with Gasteiger partial charge in [0.1, 0.15) is 6.04 Å².